The molecule has 0 aliphatic carbocycles. The molecule has 0 bridgehead atoms. The molecule has 0 saturated carbocycles. The highest BCUT2D eigenvalue weighted by molar-refractivity contribution is 6.34. The van der Waals surface area contributed by atoms with Crippen molar-refractivity contribution in [3.8, 4) is 0 Å². The van der Waals surface area contributed by atoms with E-state index in [0.717, 1.165) is 30.7 Å². The second kappa shape index (κ2) is 5.42. The van der Waals surface area contributed by atoms with Crippen molar-refractivity contribution in [2.45, 2.75) is 38.8 Å². The minimum absolute atomic E-state index is 0.292. The molecule has 3 nitrogen and oxygen atoms in total. The summed E-state index contributed by atoms with van der Waals surface area (Å²) in [6.45, 7) is 4.85. The Morgan fingerprint density at radius 2 is 2.24 bits per heavy atom. The van der Waals surface area contributed by atoms with E-state index in [1.165, 1.54) is 0 Å². The molecule has 1 fully saturated rings. The number of rotatable bonds is 2. The molecule has 1 aromatic rings. The van der Waals surface area contributed by atoms with Gasteiger partial charge in [-0.1, -0.05) is 23.2 Å². The number of aryl methyl sites for hydroxylation is 1. The number of halogens is 2. The van der Waals surface area contributed by atoms with E-state index in [9.17, 15) is 0 Å². The number of hydrogen-bond acceptors (Lipinski definition) is 3. The monoisotopic (exact) mass is 274 g/mol. The van der Waals surface area contributed by atoms with Gasteiger partial charge in [-0.2, -0.15) is 0 Å². The quantitative estimate of drug-likeness (QED) is 0.836. The fraction of sp³-hybridized carbons (Fsp3) is 0.583. The van der Waals surface area contributed by atoms with Crippen molar-refractivity contribution in [3.05, 3.63) is 21.9 Å². The summed E-state index contributed by atoms with van der Waals surface area (Å²) in [5.41, 5.74) is 1.91. The summed E-state index contributed by atoms with van der Waals surface area (Å²) < 4.78 is 5.52. The van der Waals surface area contributed by atoms with E-state index >= 15 is 0 Å². The molecule has 0 radical (unpaired) electrons. The molecule has 1 aliphatic rings. The molecular formula is C12H16Cl2N2O. The van der Waals surface area contributed by atoms with Gasteiger partial charge in [-0.3, -0.25) is 0 Å². The maximum atomic E-state index is 6.10. The average Bonchev–Trinajstić information content (AvgIpc) is 2.23. The fourth-order valence-electron chi connectivity index (χ4n) is 2.10. The first-order valence-electron chi connectivity index (χ1n) is 5.77. The highest BCUT2D eigenvalue weighted by Crippen LogP contribution is 2.29. The Balaban J connectivity index is 2.12. The van der Waals surface area contributed by atoms with Gasteiger partial charge < -0.3 is 10.1 Å². The van der Waals surface area contributed by atoms with Gasteiger partial charge in [0.1, 0.15) is 5.15 Å². The minimum Gasteiger partial charge on any atom is -0.379 e. The molecule has 1 N–H and O–H groups in total. The molecular weight excluding hydrogens is 259 g/mol. The standard InChI is InChI=1S/C12H16Cl2N2O/c1-7-5-10(13)16-12(14)11(7)15-9-3-4-17-8(2)6-9/h5,8-9,15H,3-4,6H2,1-2H3. The maximum Gasteiger partial charge on any atom is 0.154 e. The van der Waals surface area contributed by atoms with Crippen LogP contribution in [0.25, 0.3) is 0 Å². The highest BCUT2D eigenvalue weighted by atomic mass is 35.5. The van der Waals surface area contributed by atoms with Gasteiger partial charge in [0.2, 0.25) is 0 Å². The largest absolute Gasteiger partial charge is 0.379 e. The van der Waals surface area contributed by atoms with Gasteiger partial charge in [-0.05, 0) is 38.3 Å². The zero-order valence-corrected chi connectivity index (χ0v) is 11.5. The molecule has 94 valence electrons. The third-order valence-corrected chi connectivity index (χ3v) is 3.44. The second-order valence-corrected chi connectivity index (χ2v) is 5.22. The Morgan fingerprint density at radius 3 is 2.88 bits per heavy atom. The third-order valence-electron chi connectivity index (χ3n) is 2.97. The lowest BCUT2D eigenvalue weighted by molar-refractivity contribution is 0.0232. The lowest BCUT2D eigenvalue weighted by Gasteiger charge is -2.29. The molecule has 2 rings (SSSR count). The van der Waals surface area contributed by atoms with E-state index in [0.29, 0.717) is 22.5 Å². The third kappa shape index (κ3) is 3.24. The first-order valence-corrected chi connectivity index (χ1v) is 6.52. The van der Waals surface area contributed by atoms with E-state index in [4.69, 9.17) is 27.9 Å². The molecule has 1 aromatic heterocycles. The minimum atomic E-state index is 0.292. The maximum absolute atomic E-state index is 6.10. The van der Waals surface area contributed by atoms with Crippen LogP contribution in [-0.4, -0.2) is 23.7 Å². The molecule has 0 aromatic carbocycles. The van der Waals surface area contributed by atoms with Gasteiger partial charge in [-0.25, -0.2) is 4.98 Å². The first-order chi connectivity index (χ1) is 8.06. The fourth-order valence-corrected chi connectivity index (χ4v) is 2.69. The molecule has 1 aliphatic heterocycles. The molecule has 0 amide bonds. The molecule has 2 heterocycles. The zero-order valence-electron chi connectivity index (χ0n) is 9.96. The van der Waals surface area contributed by atoms with Crippen LogP contribution >= 0.6 is 23.2 Å². The van der Waals surface area contributed by atoms with E-state index in [1.54, 1.807) is 0 Å². The molecule has 17 heavy (non-hydrogen) atoms. The van der Waals surface area contributed by atoms with Gasteiger partial charge in [0.05, 0.1) is 11.8 Å². The number of hydrogen-bond donors (Lipinski definition) is 1. The highest BCUT2D eigenvalue weighted by Gasteiger charge is 2.20. The van der Waals surface area contributed by atoms with E-state index in [-0.39, 0.29) is 0 Å². The number of pyridine rings is 1. The zero-order chi connectivity index (χ0) is 12.4. The van der Waals surface area contributed by atoms with Crippen molar-refractivity contribution in [3.63, 3.8) is 0 Å². The van der Waals surface area contributed by atoms with Gasteiger partial charge in [-0.15, -0.1) is 0 Å². The molecule has 1 saturated heterocycles. The van der Waals surface area contributed by atoms with Crippen molar-refractivity contribution < 1.29 is 4.74 Å². The van der Waals surface area contributed by atoms with Crippen LogP contribution in [0.5, 0.6) is 0 Å². The Hall–Kier alpha value is -0.510. The molecule has 5 heteroatoms. The number of ether oxygens (including phenoxy) is 1. The van der Waals surface area contributed by atoms with Crippen LogP contribution in [0.15, 0.2) is 6.07 Å². The van der Waals surface area contributed by atoms with Crippen LogP contribution in [-0.2, 0) is 4.74 Å². The topological polar surface area (TPSA) is 34.2 Å². The van der Waals surface area contributed by atoms with Crippen molar-refractivity contribution in [1.82, 2.24) is 4.98 Å². The van der Waals surface area contributed by atoms with Crippen LogP contribution in [0.1, 0.15) is 25.3 Å². The second-order valence-electron chi connectivity index (χ2n) is 4.47. The predicted molar refractivity (Wildman–Crippen MR) is 71.1 cm³/mol. The number of aromatic nitrogens is 1. The van der Waals surface area contributed by atoms with Gasteiger partial charge in [0.15, 0.2) is 5.15 Å². The van der Waals surface area contributed by atoms with Crippen LogP contribution in [0.2, 0.25) is 10.3 Å². The van der Waals surface area contributed by atoms with E-state index in [1.807, 2.05) is 13.0 Å². The lowest BCUT2D eigenvalue weighted by atomic mass is 10.0. The van der Waals surface area contributed by atoms with Crippen molar-refractivity contribution in [2.75, 3.05) is 11.9 Å². The van der Waals surface area contributed by atoms with Crippen LogP contribution < -0.4 is 5.32 Å². The Labute approximate surface area is 111 Å². The van der Waals surface area contributed by atoms with Crippen molar-refractivity contribution in [1.29, 1.82) is 0 Å². The SMILES string of the molecule is Cc1cc(Cl)nc(Cl)c1NC1CCOC(C)C1. The number of nitrogens with one attached hydrogen (secondary N) is 1. The summed E-state index contributed by atoms with van der Waals surface area (Å²) in [6.07, 6.45) is 2.27. The Morgan fingerprint density at radius 1 is 1.47 bits per heavy atom. The van der Waals surface area contributed by atoms with Crippen LogP contribution in [0.4, 0.5) is 5.69 Å². The lowest BCUT2D eigenvalue weighted by Crippen LogP contribution is -2.32. The van der Waals surface area contributed by atoms with Crippen molar-refractivity contribution >= 4 is 28.9 Å². The summed E-state index contributed by atoms with van der Waals surface area (Å²) in [5, 5.41) is 4.31. The Bertz CT molecular complexity index is 388. The van der Waals surface area contributed by atoms with Crippen LogP contribution in [0.3, 0.4) is 0 Å². The summed E-state index contributed by atoms with van der Waals surface area (Å²) in [4.78, 5) is 4.06. The summed E-state index contributed by atoms with van der Waals surface area (Å²) in [7, 11) is 0. The predicted octanol–water partition coefficient (Wildman–Crippen LogP) is 3.68. The first kappa shape index (κ1) is 12.9. The number of anilines is 1. The summed E-state index contributed by atoms with van der Waals surface area (Å²) >= 11 is 11.9. The van der Waals surface area contributed by atoms with Gasteiger partial charge >= 0.3 is 0 Å². The van der Waals surface area contributed by atoms with E-state index in [2.05, 4.69) is 17.2 Å². The van der Waals surface area contributed by atoms with Gasteiger partial charge in [0, 0.05) is 12.6 Å². The normalized spacial score (nSPS) is 24.7. The number of nitrogens with zero attached hydrogens (tertiary/aromatic N) is 1. The molecule has 0 spiro atoms. The van der Waals surface area contributed by atoms with Crippen LogP contribution in [0, 0.1) is 6.92 Å². The molecule has 2 atom stereocenters. The van der Waals surface area contributed by atoms with Gasteiger partial charge in [0.25, 0.3) is 0 Å². The Kier molecular flexibility index (Phi) is 4.13. The van der Waals surface area contributed by atoms with Crippen molar-refractivity contribution in [2.24, 2.45) is 0 Å². The molecule has 2 unspecified atom stereocenters. The average molecular weight is 275 g/mol. The van der Waals surface area contributed by atoms with E-state index < -0.39 is 0 Å². The summed E-state index contributed by atoms with van der Waals surface area (Å²) in [6, 6.07) is 2.20. The smallest absolute Gasteiger partial charge is 0.154 e. The summed E-state index contributed by atoms with van der Waals surface area (Å²) in [5.74, 6) is 0.